The fourth-order valence-corrected chi connectivity index (χ4v) is 1.39. The molecule has 0 nitrogen and oxygen atoms in total. The zero-order chi connectivity index (χ0) is 11.2. The maximum absolute atomic E-state index is 12.2. The Balaban J connectivity index is 3.23. The molecular weight excluding hydrogens is 318 g/mol. The smallest absolute Gasteiger partial charge is 0.195 e. The van der Waals surface area contributed by atoms with Gasteiger partial charge in [0.05, 0.1) is 0 Å². The van der Waals surface area contributed by atoms with Crippen LogP contribution >= 0.6 is 22.6 Å². The van der Waals surface area contributed by atoms with Crippen molar-refractivity contribution in [1.29, 1.82) is 0 Å². The molecule has 0 aliphatic heterocycles. The molecule has 0 atom stereocenters. The first-order valence-electron chi connectivity index (χ1n) is 4.34. The Morgan fingerprint density at radius 3 is 1.50 bits per heavy atom. The molecule has 0 bridgehead atoms. The normalized spacial score (nSPS) is 13.3. The standard InChI is InChI=1S/C8H12F5I/c9-7(10,11)5-3-1-2-4-6-8(12,13)14/h1-6H2. The zero-order valence-corrected chi connectivity index (χ0v) is 9.67. The Morgan fingerprint density at radius 2 is 1.14 bits per heavy atom. The Bertz CT molecular complexity index is 131. The summed E-state index contributed by atoms with van der Waals surface area (Å²) in [6, 6.07) is 0. The molecule has 0 saturated carbocycles. The van der Waals surface area contributed by atoms with Gasteiger partial charge in [-0.05, 0) is 35.4 Å². The van der Waals surface area contributed by atoms with Gasteiger partial charge < -0.3 is 0 Å². The number of rotatable bonds is 6. The van der Waals surface area contributed by atoms with Gasteiger partial charge >= 0.3 is 6.18 Å². The van der Waals surface area contributed by atoms with E-state index in [0.29, 0.717) is 12.8 Å². The average molecular weight is 330 g/mol. The van der Waals surface area contributed by atoms with Gasteiger partial charge in [0.25, 0.3) is 3.93 Å². The van der Waals surface area contributed by atoms with Crippen LogP contribution in [0.15, 0.2) is 0 Å². The summed E-state index contributed by atoms with van der Waals surface area (Å²) in [7, 11) is 0. The lowest BCUT2D eigenvalue weighted by Crippen LogP contribution is -2.06. The largest absolute Gasteiger partial charge is 0.389 e. The lowest BCUT2D eigenvalue weighted by molar-refractivity contribution is -0.135. The van der Waals surface area contributed by atoms with Crippen LogP contribution in [0, 0.1) is 0 Å². The van der Waals surface area contributed by atoms with E-state index in [0.717, 1.165) is 22.6 Å². The lowest BCUT2D eigenvalue weighted by atomic mass is 10.1. The quantitative estimate of drug-likeness (QED) is 0.281. The molecule has 0 heterocycles. The van der Waals surface area contributed by atoms with E-state index in [1.54, 1.807) is 0 Å². The summed E-state index contributed by atoms with van der Waals surface area (Å²) in [5, 5.41) is 0. The fourth-order valence-electron chi connectivity index (χ4n) is 1.00. The third-order valence-corrected chi connectivity index (χ3v) is 2.21. The van der Waals surface area contributed by atoms with Crippen LogP contribution in [0.4, 0.5) is 22.0 Å². The molecule has 14 heavy (non-hydrogen) atoms. The van der Waals surface area contributed by atoms with Crippen molar-refractivity contribution in [2.24, 2.45) is 0 Å². The Kier molecular flexibility index (Phi) is 6.24. The van der Waals surface area contributed by atoms with Gasteiger partial charge in [0.2, 0.25) is 0 Å². The van der Waals surface area contributed by atoms with Crippen LogP contribution in [0.25, 0.3) is 0 Å². The highest BCUT2D eigenvalue weighted by atomic mass is 127. The summed E-state index contributed by atoms with van der Waals surface area (Å²) in [6.45, 7) is 0. The van der Waals surface area contributed by atoms with E-state index < -0.39 is 16.5 Å². The fraction of sp³-hybridized carbons (Fsp3) is 1.00. The van der Waals surface area contributed by atoms with E-state index in [-0.39, 0.29) is 19.3 Å². The van der Waals surface area contributed by atoms with Crippen molar-refractivity contribution in [3.8, 4) is 0 Å². The highest BCUT2D eigenvalue weighted by Crippen LogP contribution is 2.29. The van der Waals surface area contributed by atoms with Gasteiger partial charge in [0.15, 0.2) is 0 Å². The minimum atomic E-state index is -4.12. The Labute approximate surface area is 93.4 Å². The number of hydrogen-bond donors (Lipinski definition) is 0. The first kappa shape index (κ1) is 14.4. The second-order valence-electron chi connectivity index (χ2n) is 3.14. The minimum Gasteiger partial charge on any atom is -0.195 e. The zero-order valence-electron chi connectivity index (χ0n) is 7.51. The lowest BCUT2D eigenvalue weighted by Gasteiger charge is -2.08. The molecule has 0 rings (SSSR count). The van der Waals surface area contributed by atoms with Gasteiger partial charge in [0.1, 0.15) is 0 Å². The molecule has 6 heteroatoms. The summed E-state index contributed by atoms with van der Waals surface area (Å²) >= 11 is 1.04. The van der Waals surface area contributed by atoms with Crippen LogP contribution in [0.5, 0.6) is 0 Å². The van der Waals surface area contributed by atoms with Crippen molar-refractivity contribution < 1.29 is 22.0 Å². The van der Waals surface area contributed by atoms with Gasteiger partial charge in [-0.3, -0.25) is 0 Å². The molecule has 0 aliphatic rings. The first-order chi connectivity index (χ1) is 6.21. The summed E-state index contributed by atoms with van der Waals surface area (Å²) in [5.41, 5.74) is 0. The Hall–Kier alpha value is 0.380. The van der Waals surface area contributed by atoms with Gasteiger partial charge in [-0.2, -0.15) is 22.0 Å². The topological polar surface area (TPSA) is 0 Å². The monoisotopic (exact) mass is 330 g/mol. The molecule has 0 N–H and O–H groups in total. The molecular formula is C8H12F5I. The number of alkyl halides is 6. The molecule has 0 aromatic carbocycles. The molecule has 0 saturated heterocycles. The molecule has 0 spiro atoms. The van der Waals surface area contributed by atoms with E-state index in [2.05, 4.69) is 0 Å². The van der Waals surface area contributed by atoms with Crippen molar-refractivity contribution >= 4 is 22.6 Å². The molecule has 0 fully saturated rings. The van der Waals surface area contributed by atoms with Crippen molar-refractivity contribution in [3.63, 3.8) is 0 Å². The maximum Gasteiger partial charge on any atom is 0.389 e. The maximum atomic E-state index is 12.2. The molecule has 0 unspecified atom stereocenters. The average Bonchev–Trinajstić information content (AvgIpc) is 1.92. The number of hydrogen-bond acceptors (Lipinski definition) is 0. The SMILES string of the molecule is FC(F)(F)CCCCCCC(F)(F)I. The van der Waals surface area contributed by atoms with Crippen LogP contribution in [0.3, 0.4) is 0 Å². The van der Waals surface area contributed by atoms with Crippen LogP contribution in [0.1, 0.15) is 38.5 Å². The molecule has 0 amide bonds. The van der Waals surface area contributed by atoms with Crippen molar-refractivity contribution in [3.05, 3.63) is 0 Å². The summed E-state index contributed by atoms with van der Waals surface area (Å²) in [4.78, 5) is 0. The minimum absolute atomic E-state index is 0.0380. The third-order valence-electron chi connectivity index (χ3n) is 1.67. The summed E-state index contributed by atoms with van der Waals surface area (Å²) in [5.74, 6) is 0. The molecule has 0 aliphatic carbocycles. The van der Waals surface area contributed by atoms with E-state index in [1.165, 1.54) is 0 Å². The van der Waals surface area contributed by atoms with Gasteiger partial charge in [-0.1, -0.05) is 12.8 Å². The highest BCUT2D eigenvalue weighted by molar-refractivity contribution is 14.1. The molecule has 0 radical (unpaired) electrons. The van der Waals surface area contributed by atoms with Crippen molar-refractivity contribution in [2.75, 3.05) is 0 Å². The van der Waals surface area contributed by atoms with E-state index in [9.17, 15) is 22.0 Å². The van der Waals surface area contributed by atoms with Gasteiger partial charge in [0, 0.05) is 12.8 Å². The molecule has 0 aromatic heterocycles. The van der Waals surface area contributed by atoms with Crippen LogP contribution < -0.4 is 0 Å². The van der Waals surface area contributed by atoms with E-state index >= 15 is 0 Å². The molecule has 86 valence electrons. The van der Waals surface area contributed by atoms with E-state index in [4.69, 9.17) is 0 Å². The van der Waals surface area contributed by atoms with Crippen LogP contribution in [-0.2, 0) is 0 Å². The first-order valence-corrected chi connectivity index (χ1v) is 5.42. The number of unbranched alkanes of at least 4 members (excludes halogenated alkanes) is 3. The number of halogens is 6. The predicted molar refractivity (Wildman–Crippen MR) is 52.7 cm³/mol. The highest BCUT2D eigenvalue weighted by Gasteiger charge is 2.26. The second-order valence-corrected chi connectivity index (χ2v) is 4.72. The van der Waals surface area contributed by atoms with Crippen molar-refractivity contribution in [1.82, 2.24) is 0 Å². The van der Waals surface area contributed by atoms with Gasteiger partial charge in [-0.25, -0.2) is 0 Å². The predicted octanol–water partition coefficient (Wildman–Crippen LogP) is 4.92. The summed E-state index contributed by atoms with van der Waals surface area (Å²) in [6.07, 6.45) is -4.05. The second kappa shape index (κ2) is 6.07. The van der Waals surface area contributed by atoms with Crippen LogP contribution in [0.2, 0.25) is 0 Å². The molecule has 0 aromatic rings. The van der Waals surface area contributed by atoms with Gasteiger partial charge in [-0.15, -0.1) is 0 Å². The van der Waals surface area contributed by atoms with Crippen molar-refractivity contribution in [2.45, 2.75) is 48.6 Å². The van der Waals surface area contributed by atoms with E-state index in [1.807, 2.05) is 0 Å². The Morgan fingerprint density at radius 1 is 0.714 bits per heavy atom. The van der Waals surface area contributed by atoms with Crippen LogP contribution in [-0.4, -0.2) is 10.1 Å². The summed E-state index contributed by atoms with van der Waals surface area (Å²) < 4.78 is 56.6. The third kappa shape index (κ3) is 12.4.